The second-order valence-electron chi connectivity index (χ2n) is 4.59. The highest BCUT2D eigenvalue weighted by atomic mass is 32.1. The van der Waals surface area contributed by atoms with E-state index in [-0.39, 0.29) is 5.91 Å². The number of rotatable bonds is 2. The summed E-state index contributed by atoms with van der Waals surface area (Å²) in [5.74, 6) is -0.0548. The van der Waals surface area contributed by atoms with Crippen LogP contribution in [-0.4, -0.2) is 57.7 Å². The molecule has 0 saturated carbocycles. The molecule has 1 aliphatic heterocycles. The number of thiazole rings is 1. The Labute approximate surface area is 114 Å². The number of imidazole rings is 1. The van der Waals surface area contributed by atoms with Crippen LogP contribution >= 0.6 is 11.3 Å². The molecule has 1 fully saturated rings. The summed E-state index contributed by atoms with van der Waals surface area (Å²) < 4.78 is 1.93. The van der Waals surface area contributed by atoms with Crippen molar-refractivity contribution in [1.82, 2.24) is 19.2 Å². The molecule has 6 nitrogen and oxygen atoms in total. The number of hydrogen-bond acceptors (Lipinski definition) is 4. The topological polar surface area (TPSA) is 57.9 Å². The fourth-order valence-electron chi connectivity index (χ4n) is 2.19. The number of hydrogen-bond donors (Lipinski definition) is 0. The highest BCUT2D eigenvalue weighted by Gasteiger charge is 2.23. The van der Waals surface area contributed by atoms with Gasteiger partial charge < -0.3 is 9.80 Å². The van der Waals surface area contributed by atoms with Crippen molar-refractivity contribution in [1.29, 1.82) is 0 Å². The van der Waals surface area contributed by atoms with Crippen molar-refractivity contribution >= 4 is 28.6 Å². The van der Waals surface area contributed by atoms with E-state index in [2.05, 4.69) is 4.98 Å². The SMILES string of the molecule is Cc1csc2nc(C(=O)N3CCN(C=O)CC3)cn12. The molecule has 3 heterocycles. The third-order valence-corrected chi connectivity index (χ3v) is 4.32. The average molecular weight is 278 g/mol. The third-order valence-electron chi connectivity index (χ3n) is 3.36. The van der Waals surface area contributed by atoms with Crippen LogP contribution in [0.4, 0.5) is 0 Å². The van der Waals surface area contributed by atoms with E-state index >= 15 is 0 Å². The Hall–Kier alpha value is -1.89. The monoisotopic (exact) mass is 278 g/mol. The molecule has 7 heteroatoms. The fraction of sp³-hybridized carbons (Fsp3) is 0.417. The van der Waals surface area contributed by atoms with E-state index in [1.54, 1.807) is 16.0 Å². The summed E-state index contributed by atoms with van der Waals surface area (Å²) in [6, 6.07) is 0. The van der Waals surface area contributed by atoms with Crippen molar-refractivity contribution in [2.24, 2.45) is 0 Å². The number of aromatic nitrogens is 2. The molecule has 1 saturated heterocycles. The molecule has 19 heavy (non-hydrogen) atoms. The summed E-state index contributed by atoms with van der Waals surface area (Å²) in [4.78, 5) is 31.6. The van der Waals surface area contributed by atoms with Gasteiger partial charge in [0, 0.05) is 43.4 Å². The first-order chi connectivity index (χ1) is 9.19. The minimum atomic E-state index is -0.0548. The Bertz CT molecular complexity index is 625. The summed E-state index contributed by atoms with van der Waals surface area (Å²) in [7, 11) is 0. The summed E-state index contributed by atoms with van der Waals surface area (Å²) in [6.45, 7) is 4.32. The molecule has 0 atom stereocenters. The Morgan fingerprint density at radius 2 is 2.11 bits per heavy atom. The number of carbonyl (C=O) groups is 2. The zero-order chi connectivity index (χ0) is 13.4. The predicted molar refractivity (Wildman–Crippen MR) is 71.3 cm³/mol. The molecule has 0 unspecified atom stereocenters. The van der Waals surface area contributed by atoms with E-state index in [0.717, 1.165) is 17.1 Å². The third kappa shape index (κ3) is 2.10. The van der Waals surface area contributed by atoms with Gasteiger partial charge in [-0.3, -0.25) is 14.0 Å². The van der Waals surface area contributed by atoms with Crippen molar-refractivity contribution < 1.29 is 9.59 Å². The first-order valence-electron chi connectivity index (χ1n) is 6.11. The number of nitrogens with zero attached hydrogens (tertiary/aromatic N) is 4. The zero-order valence-electron chi connectivity index (χ0n) is 10.6. The Morgan fingerprint density at radius 3 is 2.74 bits per heavy atom. The van der Waals surface area contributed by atoms with E-state index in [1.807, 2.05) is 16.7 Å². The number of piperazine rings is 1. The molecule has 1 aliphatic rings. The van der Waals surface area contributed by atoms with Crippen molar-refractivity contribution in [3.63, 3.8) is 0 Å². The molecular weight excluding hydrogens is 264 g/mol. The van der Waals surface area contributed by atoms with Gasteiger partial charge in [0.15, 0.2) is 4.96 Å². The lowest BCUT2D eigenvalue weighted by Crippen LogP contribution is -2.48. The summed E-state index contributed by atoms with van der Waals surface area (Å²) >= 11 is 1.53. The molecule has 0 aromatic carbocycles. The van der Waals surface area contributed by atoms with Crippen molar-refractivity contribution in [3.8, 4) is 0 Å². The second-order valence-corrected chi connectivity index (χ2v) is 5.43. The molecule has 0 radical (unpaired) electrons. The molecule has 0 N–H and O–H groups in total. The lowest BCUT2D eigenvalue weighted by molar-refractivity contribution is -0.119. The largest absolute Gasteiger partial charge is 0.342 e. The van der Waals surface area contributed by atoms with Crippen LogP contribution in [0.1, 0.15) is 16.2 Å². The van der Waals surface area contributed by atoms with Gasteiger partial charge in [-0.05, 0) is 6.92 Å². The molecule has 2 aromatic rings. The van der Waals surface area contributed by atoms with Gasteiger partial charge >= 0.3 is 0 Å². The van der Waals surface area contributed by atoms with Crippen LogP contribution in [0.3, 0.4) is 0 Å². The van der Waals surface area contributed by atoms with Crippen molar-refractivity contribution in [2.75, 3.05) is 26.2 Å². The highest BCUT2D eigenvalue weighted by Crippen LogP contribution is 2.17. The van der Waals surface area contributed by atoms with Gasteiger partial charge in [0.05, 0.1) is 0 Å². The number of aryl methyl sites for hydroxylation is 1. The van der Waals surface area contributed by atoms with Crippen LogP contribution in [0.2, 0.25) is 0 Å². The van der Waals surface area contributed by atoms with Gasteiger partial charge in [-0.25, -0.2) is 4.98 Å². The normalized spacial score (nSPS) is 16.1. The van der Waals surface area contributed by atoms with Crippen LogP contribution in [0, 0.1) is 6.92 Å². The van der Waals surface area contributed by atoms with Crippen molar-refractivity contribution in [2.45, 2.75) is 6.92 Å². The Kier molecular flexibility index (Phi) is 2.98. The fourth-order valence-corrected chi connectivity index (χ4v) is 3.04. The minimum Gasteiger partial charge on any atom is -0.342 e. The van der Waals surface area contributed by atoms with Crippen molar-refractivity contribution in [3.05, 3.63) is 23.0 Å². The smallest absolute Gasteiger partial charge is 0.274 e. The van der Waals surface area contributed by atoms with Gasteiger partial charge in [-0.15, -0.1) is 11.3 Å². The molecule has 0 bridgehead atoms. The van der Waals surface area contributed by atoms with Gasteiger partial charge in [-0.2, -0.15) is 0 Å². The molecule has 100 valence electrons. The van der Waals surface area contributed by atoms with Crippen LogP contribution in [0.5, 0.6) is 0 Å². The summed E-state index contributed by atoms with van der Waals surface area (Å²) in [6.07, 6.45) is 2.62. The quantitative estimate of drug-likeness (QED) is 0.757. The zero-order valence-corrected chi connectivity index (χ0v) is 11.4. The lowest BCUT2D eigenvalue weighted by Gasteiger charge is -2.32. The molecule has 0 aliphatic carbocycles. The molecule has 2 aromatic heterocycles. The minimum absolute atomic E-state index is 0.0548. The van der Waals surface area contributed by atoms with Gasteiger partial charge in [-0.1, -0.05) is 0 Å². The lowest BCUT2D eigenvalue weighted by atomic mass is 10.3. The van der Waals surface area contributed by atoms with E-state index in [0.29, 0.717) is 31.9 Å². The van der Waals surface area contributed by atoms with Crippen LogP contribution < -0.4 is 0 Å². The van der Waals surface area contributed by atoms with Gasteiger partial charge in [0.25, 0.3) is 5.91 Å². The first kappa shape index (κ1) is 12.2. The van der Waals surface area contributed by atoms with Crippen LogP contribution in [0.25, 0.3) is 4.96 Å². The molecule has 0 spiro atoms. The van der Waals surface area contributed by atoms with Gasteiger partial charge in [0.1, 0.15) is 5.69 Å². The standard InChI is InChI=1S/C12H14N4O2S/c1-9-7-19-12-13-10(6-16(9)12)11(18)15-4-2-14(8-17)3-5-15/h6-8H,2-5H2,1H3. The maximum absolute atomic E-state index is 12.3. The van der Waals surface area contributed by atoms with E-state index in [1.165, 1.54) is 11.3 Å². The number of fused-ring (bicyclic) bond motifs is 1. The summed E-state index contributed by atoms with van der Waals surface area (Å²) in [5, 5.41) is 2.01. The van der Waals surface area contributed by atoms with E-state index in [4.69, 9.17) is 0 Å². The Morgan fingerprint density at radius 1 is 1.37 bits per heavy atom. The molecule has 3 rings (SSSR count). The highest BCUT2D eigenvalue weighted by molar-refractivity contribution is 7.15. The maximum atomic E-state index is 12.3. The van der Waals surface area contributed by atoms with E-state index in [9.17, 15) is 9.59 Å². The van der Waals surface area contributed by atoms with E-state index < -0.39 is 0 Å². The number of amides is 2. The first-order valence-corrected chi connectivity index (χ1v) is 6.99. The molecule has 2 amide bonds. The average Bonchev–Trinajstić information content (AvgIpc) is 3.01. The van der Waals surface area contributed by atoms with Crippen LogP contribution in [-0.2, 0) is 4.79 Å². The van der Waals surface area contributed by atoms with Gasteiger partial charge in [0.2, 0.25) is 6.41 Å². The number of carbonyl (C=O) groups excluding carboxylic acids is 2. The predicted octanol–water partition coefficient (Wildman–Crippen LogP) is 0.618. The maximum Gasteiger partial charge on any atom is 0.274 e. The second kappa shape index (κ2) is 4.65. The summed E-state index contributed by atoms with van der Waals surface area (Å²) in [5.41, 5.74) is 1.56. The Balaban J connectivity index is 1.78. The van der Waals surface area contributed by atoms with Crippen LogP contribution in [0.15, 0.2) is 11.6 Å². The molecular formula is C12H14N4O2S.